The molecule has 0 spiro atoms. The Morgan fingerprint density at radius 3 is 2.50 bits per heavy atom. The number of nitrogens with one attached hydrogen (secondary N) is 2. The topological polar surface area (TPSA) is 73.8 Å². The smallest absolute Gasteiger partial charge is 0.221 e. The zero-order chi connectivity index (χ0) is 15.6. The normalized spacial score (nSPS) is 20.7. The second kappa shape index (κ2) is 6.54. The molecule has 2 aliphatic rings. The van der Waals surface area contributed by atoms with Gasteiger partial charge in [0.05, 0.1) is 0 Å². The van der Waals surface area contributed by atoms with Crippen molar-refractivity contribution in [3.8, 4) is 0 Å². The minimum absolute atomic E-state index is 0.0639. The van der Waals surface area contributed by atoms with Crippen LogP contribution in [0.15, 0.2) is 29.3 Å². The van der Waals surface area contributed by atoms with Gasteiger partial charge in [-0.15, -0.1) is 0 Å². The lowest BCUT2D eigenvalue weighted by molar-refractivity contribution is 0.320. The van der Waals surface area contributed by atoms with Crippen LogP contribution in [0.5, 0.6) is 0 Å². The highest BCUT2D eigenvalue weighted by atomic mass is 35.5. The molecule has 0 bridgehead atoms. The average Bonchev–Trinajstić information content (AvgIpc) is 3.00. The van der Waals surface area contributed by atoms with Gasteiger partial charge in [0.25, 0.3) is 0 Å². The molecule has 6 nitrogen and oxygen atoms in total. The quantitative estimate of drug-likeness (QED) is 0.865. The lowest BCUT2D eigenvalue weighted by Gasteiger charge is -2.31. The number of benzene rings is 1. The van der Waals surface area contributed by atoms with Crippen molar-refractivity contribution < 1.29 is 8.42 Å². The Morgan fingerprint density at radius 2 is 1.91 bits per heavy atom. The summed E-state index contributed by atoms with van der Waals surface area (Å²) in [4.78, 5) is 4.06. The predicted octanol–water partition coefficient (Wildman–Crippen LogP) is 1.31. The monoisotopic (exact) mass is 342 g/mol. The number of hydrogen-bond acceptors (Lipinski definition) is 5. The maximum absolute atomic E-state index is 12.4. The fourth-order valence-electron chi connectivity index (χ4n) is 2.86. The van der Waals surface area contributed by atoms with Gasteiger partial charge in [0.1, 0.15) is 18.3 Å². The summed E-state index contributed by atoms with van der Waals surface area (Å²) >= 11 is 5.90. The van der Waals surface area contributed by atoms with Gasteiger partial charge >= 0.3 is 0 Å². The van der Waals surface area contributed by atoms with Gasteiger partial charge in [-0.05, 0) is 36.5 Å². The number of hydrazine groups is 1. The maximum Gasteiger partial charge on any atom is 0.221 e. The second-order valence-electron chi connectivity index (χ2n) is 5.55. The molecule has 120 valence electrons. The lowest BCUT2D eigenvalue weighted by Crippen LogP contribution is -2.43. The number of aliphatic imine (C=N–C) groups is 1. The van der Waals surface area contributed by atoms with Crippen LogP contribution in [-0.4, -0.2) is 44.1 Å². The number of amidine groups is 1. The molecule has 0 saturated carbocycles. The van der Waals surface area contributed by atoms with Crippen LogP contribution in [-0.2, 0) is 10.0 Å². The van der Waals surface area contributed by atoms with Gasteiger partial charge in [0, 0.05) is 18.1 Å². The molecule has 22 heavy (non-hydrogen) atoms. The van der Waals surface area contributed by atoms with Gasteiger partial charge in [0.2, 0.25) is 10.0 Å². The van der Waals surface area contributed by atoms with Crippen LogP contribution in [0.4, 0.5) is 0 Å². The minimum atomic E-state index is -3.30. The van der Waals surface area contributed by atoms with Crippen molar-refractivity contribution in [2.45, 2.75) is 18.8 Å². The first-order valence-corrected chi connectivity index (χ1v) is 9.29. The van der Waals surface area contributed by atoms with Crippen LogP contribution in [0.3, 0.4) is 0 Å². The molecule has 0 amide bonds. The van der Waals surface area contributed by atoms with Crippen LogP contribution in [0.25, 0.3) is 0 Å². The molecular weight excluding hydrogens is 324 g/mol. The van der Waals surface area contributed by atoms with Crippen LogP contribution in [0.2, 0.25) is 5.02 Å². The van der Waals surface area contributed by atoms with Crippen molar-refractivity contribution in [2.75, 3.05) is 25.5 Å². The van der Waals surface area contributed by atoms with E-state index in [1.165, 1.54) is 5.56 Å². The largest absolute Gasteiger partial charge is 0.307 e. The van der Waals surface area contributed by atoms with E-state index in [9.17, 15) is 8.42 Å². The number of nitrogens with zero attached hydrogens (tertiary/aromatic N) is 2. The molecular formula is C14H19ClN4O2S. The van der Waals surface area contributed by atoms with Crippen molar-refractivity contribution in [1.29, 1.82) is 0 Å². The molecule has 2 heterocycles. The lowest BCUT2D eigenvalue weighted by atomic mass is 9.90. The highest BCUT2D eigenvalue weighted by molar-refractivity contribution is 7.89. The van der Waals surface area contributed by atoms with E-state index in [1.54, 1.807) is 4.31 Å². The highest BCUT2D eigenvalue weighted by Crippen LogP contribution is 2.29. The second-order valence-corrected chi connectivity index (χ2v) is 7.95. The molecule has 0 unspecified atom stereocenters. The third kappa shape index (κ3) is 3.60. The van der Waals surface area contributed by atoms with E-state index in [2.05, 4.69) is 15.8 Å². The van der Waals surface area contributed by atoms with E-state index in [0.29, 0.717) is 31.5 Å². The molecule has 1 aromatic carbocycles. The highest BCUT2D eigenvalue weighted by Gasteiger charge is 2.30. The molecule has 1 aromatic rings. The summed E-state index contributed by atoms with van der Waals surface area (Å²) in [5, 5.41) is 0.724. The molecule has 2 N–H and O–H groups in total. The molecule has 0 atom stereocenters. The molecule has 0 radical (unpaired) electrons. The van der Waals surface area contributed by atoms with E-state index in [4.69, 9.17) is 11.6 Å². The molecule has 0 aromatic heterocycles. The van der Waals surface area contributed by atoms with Crippen molar-refractivity contribution in [1.82, 2.24) is 15.2 Å². The standard InChI is InChI=1S/C14H19ClN4O2S/c15-13-3-1-11(2-4-13)12-5-7-19(8-6-12)22(20,21)9-14-16-10-17-18-14/h1-4,12,17H,5-10H2,(H,16,18). The van der Waals surface area contributed by atoms with Gasteiger partial charge in [-0.1, -0.05) is 23.7 Å². The fourth-order valence-corrected chi connectivity index (χ4v) is 4.45. The summed E-state index contributed by atoms with van der Waals surface area (Å²) in [7, 11) is -3.30. The minimum Gasteiger partial charge on any atom is -0.307 e. The van der Waals surface area contributed by atoms with Crippen molar-refractivity contribution in [3.63, 3.8) is 0 Å². The summed E-state index contributed by atoms with van der Waals surface area (Å²) in [5.74, 6) is 0.818. The zero-order valence-electron chi connectivity index (χ0n) is 12.1. The van der Waals surface area contributed by atoms with Gasteiger partial charge < -0.3 is 5.43 Å². The number of rotatable bonds is 4. The molecule has 0 aliphatic carbocycles. The molecule has 8 heteroatoms. The van der Waals surface area contributed by atoms with Crippen LogP contribution in [0, 0.1) is 0 Å². The van der Waals surface area contributed by atoms with E-state index in [1.807, 2.05) is 24.3 Å². The van der Waals surface area contributed by atoms with Crippen LogP contribution in [0.1, 0.15) is 24.3 Å². The Kier molecular flexibility index (Phi) is 4.67. The van der Waals surface area contributed by atoms with Crippen molar-refractivity contribution >= 4 is 27.5 Å². The van der Waals surface area contributed by atoms with Crippen molar-refractivity contribution in [3.05, 3.63) is 34.9 Å². The van der Waals surface area contributed by atoms with E-state index in [0.717, 1.165) is 17.9 Å². The predicted molar refractivity (Wildman–Crippen MR) is 87.4 cm³/mol. The Balaban J connectivity index is 1.60. The Morgan fingerprint density at radius 1 is 1.23 bits per heavy atom. The third-order valence-electron chi connectivity index (χ3n) is 4.09. The Labute approximate surface area is 135 Å². The summed E-state index contributed by atoms with van der Waals surface area (Å²) in [6.07, 6.45) is 1.66. The van der Waals surface area contributed by atoms with E-state index < -0.39 is 10.0 Å². The number of sulfonamides is 1. The Bertz CT molecular complexity index is 652. The molecule has 3 rings (SSSR count). The van der Waals surface area contributed by atoms with Gasteiger partial charge in [0.15, 0.2) is 0 Å². The summed E-state index contributed by atoms with van der Waals surface area (Å²) < 4.78 is 26.3. The van der Waals surface area contributed by atoms with Gasteiger partial charge in [-0.3, -0.25) is 4.99 Å². The first-order valence-electron chi connectivity index (χ1n) is 7.30. The number of piperidine rings is 1. The molecule has 1 saturated heterocycles. The Hall–Kier alpha value is -1.15. The first-order chi connectivity index (χ1) is 10.5. The molecule has 2 aliphatic heterocycles. The first kappa shape index (κ1) is 15.7. The zero-order valence-corrected chi connectivity index (χ0v) is 13.7. The van der Waals surface area contributed by atoms with Gasteiger partial charge in [-0.25, -0.2) is 18.1 Å². The summed E-state index contributed by atoms with van der Waals surface area (Å²) in [6, 6.07) is 7.83. The third-order valence-corrected chi connectivity index (χ3v) is 6.13. The van der Waals surface area contributed by atoms with E-state index in [-0.39, 0.29) is 5.75 Å². The van der Waals surface area contributed by atoms with Crippen LogP contribution >= 0.6 is 11.6 Å². The van der Waals surface area contributed by atoms with Crippen LogP contribution < -0.4 is 10.9 Å². The fraction of sp³-hybridized carbons (Fsp3) is 0.500. The maximum atomic E-state index is 12.4. The number of hydrogen-bond donors (Lipinski definition) is 2. The SMILES string of the molecule is O=S(=O)(CC1=NCNN1)N1CCC(c2ccc(Cl)cc2)CC1. The van der Waals surface area contributed by atoms with E-state index >= 15 is 0 Å². The molecule has 1 fully saturated rings. The van der Waals surface area contributed by atoms with Gasteiger partial charge in [-0.2, -0.15) is 0 Å². The summed E-state index contributed by atoms with van der Waals surface area (Å²) in [6.45, 7) is 1.52. The average molecular weight is 343 g/mol. The summed E-state index contributed by atoms with van der Waals surface area (Å²) in [5.41, 5.74) is 6.79. The van der Waals surface area contributed by atoms with Crippen molar-refractivity contribution in [2.24, 2.45) is 4.99 Å². The number of halogens is 1.